The van der Waals surface area contributed by atoms with Gasteiger partial charge in [0.15, 0.2) is 0 Å². The zero-order valence-electron chi connectivity index (χ0n) is 14.0. The maximum absolute atomic E-state index is 12.1. The van der Waals surface area contributed by atoms with Crippen molar-refractivity contribution in [3.63, 3.8) is 0 Å². The minimum atomic E-state index is -0.221. The van der Waals surface area contributed by atoms with Gasteiger partial charge in [0.05, 0.1) is 5.92 Å². The number of pyridine rings is 1. The van der Waals surface area contributed by atoms with Crippen LogP contribution in [-0.2, 0) is 16.1 Å². The number of rotatable bonds is 4. The topological polar surface area (TPSA) is 77.6 Å². The highest BCUT2D eigenvalue weighted by atomic mass is 16.2. The molecule has 0 spiro atoms. The molecule has 126 valence electrons. The molecule has 0 aliphatic carbocycles. The molecule has 23 heavy (non-hydrogen) atoms. The van der Waals surface area contributed by atoms with Gasteiger partial charge >= 0.3 is 0 Å². The van der Waals surface area contributed by atoms with E-state index in [1.165, 1.54) is 0 Å². The van der Waals surface area contributed by atoms with Crippen molar-refractivity contribution in [2.24, 2.45) is 5.92 Å². The summed E-state index contributed by atoms with van der Waals surface area (Å²) in [6, 6.07) is 3.94. The van der Waals surface area contributed by atoms with Crippen LogP contribution in [0.2, 0.25) is 0 Å². The molecule has 2 rings (SSSR count). The number of nitrogens with zero attached hydrogens (tertiary/aromatic N) is 3. The quantitative estimate of drug-likeness (QED) is 0.826. The SMILES string of the molecule is CNC(=O)C1CN(Cc2cccnc2NC)CCN(C(C)=O)C1. The van der Waals surface area contributed by atoms with Crippen LogP contribution < -0.4 is 10.6 Å². The van der Waals surface area contributed by atoms with Gasteiger partial charge in [-0.15, -0.1) is 0 Å². The number of nitrogens with one attached hydrogen (secondary N) is 2. The molecule has 2 N–H and O–H groups in total. The Hall–Kier alpha value is -2.15. The maximum atomic E-state index is 12.1. The molecule has 0 aromatic carbocycles. The van der Waals surface area contributed by atoms with Crippen LogP contribution in [0.15, 0.2) is 18.3 Å². The largest absolute Gasteiger partial charge is 0.373 e. The minimum absolute atomic E-state index is 0.0121. The van der Waals surface area contributed by atoms with Crippen molar-refractivity contribution >= 4 is 17.6 Å². The van der Waals surface area contributed by atoms with E-state index in [0.717, 1.165) is 17.9 Å². The van der Waals surface area contributed by atoms with E-state index in [1.54, 1.807) is 25.1 Å². The summed E-state index contributed by atoms with van der Waals surface area (Å²) < 4.78 is 0. The Morgan fingerprint density at radius 2 is 2.09 bits per heavy atom. The second kappa shape index (κ2) is 7.92. The van der Waals surface area contributed by atoms with Crippen LogP contribution in [0.1, 0.15) is 12.5 Å². The highest BCUT2D eigenvalue weighted by Crippen LogP contribution is 2.17. The molecule has 7 nitrogen and oxygen atoms in total. The van der Waals surface area contributed by atoms with Crippen LogP contribution in [0.5, 0.6) is 0 Å². The first-order chi connectivity index (χ1) is 11.0. The summed E-state index contributed by atoms with van der Waals surface area (Å²) in [6.07, 6.45) is 1.75. The van der Waals surface area contributed by atoms with Gasteiger partial charge in [-0.2, -0.15) is 0 Å². The fraction of sp³-hybridized carbons (Fsp3) is 0.562. The minimum Gasteiger partial charge on any atom is -0.373 e. The summed E-state index contributed by atoms with van der Waals surface area (Å²) in [5.41, 5.74) is 1.09. The Labute approximate surface area is 137 Å². The summed E-state index contributed by atoms with van der Waals surface area (Å²) in [5.74, 6) is 0.610. The fourth-order valence-corrected chi connectivity index (χ4v) is 2.91. The zero-order valence-corrected chi connectivity index (χ0v) is 14.0. The van der Waals surface area contributed by atoms with E-state index in [2.05, 4.69) is 20.5 Å². The van der Waals surface area contributed by atoms with Crippen LogP contribution in [0.3, 0.4) is 0 Å². The van der Waals surface area contributed by atoms with Gasteiger partial charge in [0.1, 0.15) is 5.82 Å². The van der Waals surface area contributed by atoms with Gasteiger partial charge in [0, 0.05) is 65.5 Å². The fourth-order valence-electron chi connectivity index (χ4n) is 2.91. The van der Waals surface area contributed by atoms with Gasteiger partial charge in [-0.1, -0.05) is 6.07 Å². The number of aromatic nitrogens is 1. The van der Waals surface area contributed by atoms with E-state index in [4.69, 9.17) is 0 Å². The molecular weight excluding hydrogens is 294 g/mol. The number of anilines is 1. The molecular formula is C16H25N5O2. The van der Waals surface area contributed by atoms with Gasteiger partial charge in [-0.25, -0.2) is 4.98 Å². The lowest BCUT2D eigenvalue weighted by Crippen LogP contribution is -2.40. The van der Waals surface area contributed by atoms with E-state index in [9.17, 15) is 9.59 Å². The Kier molecular flexibility index (Phi) is 5.92. The predicted molar refractivity (Wildman–Crippen MR) is 88.9 cm³/mol. The smallest absolute Gasteiger partial charge is 0.225 e. The summed E-state index contributed by atoms with van der Waals surface area (Å²) in [5, 5.41) is 5.79. The van der Waals surface area contributed by atoms with Crippen LogP contribution >= 0.6 is 0 Å². The molecule has 1 atom stereocenters. The summed E-state index contributed by atoms with van der Waals surface area (Å²) >= 11 is 0. The first-order valence-electron chi connectivity index (χ1n) is 7.86. The van der Waals surface area contributed by atoms with Gasteiger partial charge in [0.25, 0.3) is 0 Å². The average molecular weight is 319 g/mol. The first kappa shape index (κ1) is 17.2. The Morgan fingerprint density at radius 1 is 1.30 bits per heavy atom. The molecule has 1 aromatic heterocycles. The monoisotopic (exact) mass is 319 g/mol. The zero-order chi connectivity index (χ0) is 16.8. The van der Waals surface area contributed by atoms with Crippen molar-refractivity contribution in [2.45, 2.75) is 13.5 Å². The highest BCUT2D eigenvalue weighted by Gasteiger charge is 2.28. The van der Waals surface area contributed by atoms with Crippen LogP contribution in [0.25, 0.3) is 0 Å². The third kappa shape index (κ3) is 4.41. The molecule has 1 fully saturated rings. The molecule has 0 bridgehead atoms. The second-order valence-corrected chi connectivity index (χ2v) is 5.77. The Morgan fingerprint density at radius 3 is 2.74 bits per heavy atom. The average Bonchev–Trinajstić information content (AvgIpc) is 2.77. The van der Waals surface area contributed by atoms with Crippen molar-refractivity contribution in [1.29, 1.82) is 0 Å². The van der Waals surface area contributed by atoms with Gasteiger partial charge in [0.2, 0.25) is 11.8 Å². The Bertz CT molecular complexity index is 563. The number of hydrogen-bond acceptors (Lipinski definition) is 5. The molecule has 0 radical (unpaired) electrons. The lowest BCUT2D eigenvalue weighted by Gasteiger charge is -2.23. The molecule has 1 aromatic rings. The number of carbonyl (C=O) groups excluding carboxylic acids is 2. The lowest BCUT2D eigenvalue weighted by atomic mass is 10.1. The normalized spacial score (nSPS) is 19.1. The maximum Gasteiger partial charge on any atom is 0.225 e. The first-order valence-corrected chi connectivity index (χ1v) is 7.86. The third-order valence-electron chi connectivity index (χ3n) is 4.19. The van der Waals surface area contributed by atoms with E-state index in [1.807, 2.05) is 19.2 Å². The van der Waals surface area contributed by atoms with E-state index in [-0.39, 0.29) is 17.7 Å². The van der Waals surface area contributed by atoms with E-state index in [0.29, 0.717) is 26.2 Å². The summed E-state index contributed by atoms with van der Waals surface area (Å²) in [4.78, 5) is 32.1. The van der Waals surface area contributed by atoms with Gasteiger partial charge < -0.3 is 15.5 Å². The predicted octanol–water partition coefficient (Wildman–Crippen LogP) is 0.150. The van der Waals surface area contributed by atoms with Gasteiger partial charge in [-0.05, 0) is 6.07 Å². The van der Waals surface area contributed by atoms with E-state index < -0.39 is 0 Å². The molecule has 0 saturated carbocycles. The van der Waals surface area contributed by atoms with Crippen LogP contribution in [0, 0.1) is 5.92 Å². The van der Waals surface area contributed by atoms with Crippen molar-refractivity contribution in [2.75, 3.05) is 45.6 Å². The van der Waals surface area contributed by atoms with Crippen molar-refractivity contribution in [1.82, 2.24) is 20.1 Å². The standard InChI is InChI=1S/C16H25N5O2/c1-12(22)21-8-7-20(10-14(11-21)16(23)18-3)9-13-5-4-6-19-15(13)17-2/h4-6,14H,7-11H2,1-3H3,(H,17,19)(H,18,23). The molecule has 2 heterocycles. The van der Waals surface area contributed by atoms with Crippen LogP contribution in [-0.4, -0.2) is 66.9 Å². The molecule has 2 amide bonds. The number of amides is 2. The molecule has 1 unspecified atom stereocenters. The molecule has 7 heteroatoms. The second-order valence-electron chi connectivity index (χ2n) is 5.77. The molecule has 1 aliphatic rings. The van der Waals surface area contributed by atoms with Crippen LogP contribution in [0.4, 0.5) is 5.82 Å². The van der Waals surface area contributed by atoms with Crippen molar-refractivity contribution in [3.8, 4) is 0 Å². The Balaban J connectivity index is 2.14. The van der Waals surface area contributed by atoms with Gasteiger partial charge in [-0.3, -0.25) is 14.5 Å². The van der Waals surface area contributed by atoms with E-state index >= 15 is 0 Å². The number of carbonyl (C=O) groups is 2. The summed E-state index contributed by atoms with van der Waals surface area (Å²) in [6.45, 7) is 4.72. The number of hydrogen-bond donors (Lipinski definition) is 2. The molecule has 1 aliphatic heterocycles. The lowest BCUT2D eigenvalue weighted by molar-refractivity contribution is -0.130. The third-order valence-corrected chi connectivity index (χ3v) is 4.19. The molecule has 1 saturated heterocycles. The highest BCUT2D eigenvalue weighted by molar-refractivity contribution is 5.80. The summed E-state index contributed by atoms with van der Waals surface area (Å²) in [7, 11) is 3.48. The van der Waals surface area contributed by atoms with Crippen molar-refractivity contribution in [3.05, 3.63) is 23.9 Å². The van der Waals surface area contributed by atoms with Crippen molar-refractivity contribution < 1.29 is 9.59 Å².